The van der Waals surface area contributed by atoms with Crippen molar-refractivity contribution in [3.8, 4) is 0 Å². The lowest BCUT2D eigenvalue weighted by Crippen LogP contribution is -2.52. The Hall–Kier alpha value is -2.04. The molecule has 0 spiro atoms. The molecule has 0 saturated carbocycles. The molecule has 2 unspecified atom stereocenters. The van der Waals surface area contributed by atoms with Gasteiger partial charge < -0.3 is 14.7 Å². The van der Waals surface area contributed by atoms with Gasteiger partial charge in [0, 0.05) is 19.0 Å². The average Bonchev–Trinajstić information content (AvgIpc) is 2.52. The van der Waals surface area contributed by atoms with E-state index in [9.17, 15) is 14.7 Å². The zero-order valence-corrected chi connectivity index (χ0v) is 15.8. The van der Waals surface area contributed by atoms with Crippen LogP contribution in [0, 0.1) is 12.3 Å². The highest BCUT2D eigenvalue weighted by Gasteiger charge is 2.49. The van der Waals surface area contributed by atoms with E-state index in [0.717, 1.165) is 11.1 Å². The molecule has 1 amide bonds. The molecule has 2 rings (SSSR count). The molecule has 2 atom stereocenters. The first-order valence-electron chi connectivity index (χ1n) is 8.87. The number of aryl methyl sites for hydroxylation is 1. The van der Waals surface area contributed by atoms with Crippen LogP contribution in [-0.4, -0.2) is 40.8 Å². The van der Waals surface area contributed by atoms with Crippen LogP contribution in [0.4, 0.5) is 4.79 Å². The van der Waals surface area contributed by atoms with Gasteiger partial charge in [-0.1, -0.05) is 36.8 Å². The minimum atomic E-state index is -0.855. The Balaban J connectivity index is 2.36. The van der Waals surface area contributed by atoms with E-state index in [1.807, 2.05) is 58.9 Å². The number of likely N-dealkylation sites (tertiary alicyclic amines) is 1. The zero-order chi connectivity index (χ0) is 18.8. The maximum absolute atomic E-state index is 12.5. The summed E-state index contributed by atoms with van der Waals surface area (Å²) in [5.41, 5.74) is 0.633. The van der Waals surface area contributed by atoms with Gasteiger partial charge in [-0.15, -0.1) is 0 Å². The number of ether oxygens (including phenoxy) is 1. The van der Waals surface area contributed by atoms with Crippen LogP contribution >= 0.6 is 0 Å². The predicted molar refractivity (Wildman–Crippen MR) is 96.7 cm³/mol. The number of amides is 1. The monoisotopic (exact) mass is 347 g/mol. The number of carbonyl (C=O) groups is 2. The highest BCUT2D eigenvalue weighted by Crippen LogP contribution is 2.46. The highest BCUT2D eigenvalue weighted by molar-refractivity contribution is 5.77. The number of carboxylic acids is 1. The average molecular weight is 347 g/mol. The molecule has 1 aliphatic heterocycles. The molecule has 5 heteroatoms. The molecule has 25 heavy (non-hydrogen) atoms. The minimum absolute atomic E-state index is 0.254. The van der Waals surface area contributed by atoms with E-state index in [4.69, 9.17) is 4.74 Å². The summed E-state index contributed by atoms with van der Waals surface area (Å²) >= 11 is 0. The third kappa shape index (κ3) is 4.14. The number of hydrogen-bond acceptors (Lipinski definition) is 3. The second kappa shape index (κ2) is 7.06. The van der Waals surface area contributed by atoms with Crippen LogP contribution in [0.15, 0.2) is 24.3 Å². The zero-order valence-electron chi connectivity index (χ0n) is 15.8. The first kappa shape index (κ1) is 19.3. The fraction of sp³-hybridized carbons (Fsp3) is 0.600. The van der Waals surface area contributed by atoms with Gasteiger partial charge in [0.2, 0.25) is 0 Å². The van der Waals surface area contributed by atoms with Crippen molar-refractivity contribution in [3.63, 3.8) is 0 Å². The number of hydrogen-bond donors (Lipinski definition) is 1. The Morgan fingerprint density at radius 3 is 2.56 bits per heavy atom. The molecule has 0 aromatic heterocycles. The molecule has 0 radical (unpaired) electrons. The molecular formula is C20H29NO4. The number of carbonyl (C=O) groups excluding carboxylic acids is 1. The summed E-state index contributed by atoms with van der Waals surface area (Å²) in [6.07, 6.45) is 0.583. The molecule has 1 fully saturated rings. The maximum Gasteiger partial charge on any atom is 0.410 e. The van der Waals surface area contributed by atoms with Crippen molar-refractivity contribution in [1.29, 1.82) is 0 Å². The maximum atomic E-state index is 12.5. The first-order valence-corrected chi connectivity index (χ1v) is 8.87. The number of piperidine rings is 1. The molecule has 1 aliphatic rings. The van der Waals surface area contributed by atoms with Crippen molar-refractivity contribution in [1.82, 2.24) is 4.90 Å². The van der Waals surface area contributed by atoms with Crippen LogP contribution in [0.1, 0.15) is 57.6 Å². The van der Waals surface area contributed by atoms with E-state index < -0.39 is 17.0 Å². The second-order valence-electron chi connectivity index (χ2n) is 7.96. The molecule has 138 valence electrons. The van der Waals surface area contributed by atoms with Gasteiger partial charge in [-0.25, -0.2) is 4.79 Å². The van der Waals surface area contributed by atoms with E-state index in [0.29, 0.717) is 25.9 Å². The smallest absolute Gasteiger partial charge is 0.410 e. The van der Waals surface area contributed by atoms with Crippen LogP contribution < -0.4 is 0 Å². The standard InChI is InChI=1S/C20H29NO4/c1-6-20(17(22)23)10-11-21(18(24)25-19(3,4)5)13-16(20)15-9-7-8-14(2)12-15/h7-9,12,16H,6,10-11,13H2,1-5H3,(H,22,23). The number of benzene rings is 1. The fourth-order valence-electron chi connectivity index (χ4n) is 3.63. The quantitative estimate of drug-likeness (QED) is 0.890. The number of nitrogens with zero attached hydrogens (tertiary/aromatic N) is 1. The lowest BCUT2D eigenvalue weighted by atomic mass is 9.65. The van der Waals surface area contributed by atoms with E-state index in [1.165, 1.54) is 0 Å². The lowest BCUT2D eigenvalue weighted by Gasteiger charge is -2.45. The molecule has 1 aromatic rings. The van der Waals surface area contributed by atoms with Crippen molar-refractivity contribution in [2.45, 2.75) is 59.0 Å². The third-order valence-corrected chi connectivity index (χ3v) is 5.05. The first-order chi connectivity index (χ1) is 11.6. The molecule has 1 saturated heterocycles. The molecule has 0 aliphatic carbocycles. The molecule has 5 nitrogen and oxygen atoms in total. The van der Waals surface area contributed by atoms with E-state index in [1.54, 1.807) is 4.90 Å². The summed E-state index contributed by atoms with van der Waals surface area (Å²) in [6, 6.07) is 7.92. The Morgan fingerprint density at radius 2 is 2.04 bits per heavy atom. The Bertz CT molecular complexity index is 649. The number of aliphatic carboxylic acids is 1. The van der Waals surface area contributed by atoms with Crippen molar-refractivity contribution >= 4 is 12.1 Å². The van der Waals surface area contributed by atoms with Gasteiger partial charge in [-0.05, 0) is 46.1 Å². The SMILES string of the molecule is CCC1(C(=O)O)CCN(C(=O)OC(C)(C)C)CC1c1cccc(C)c1. The van der Waals surface area contributed by atoms with Crippen LogP contribution in [0.25, 0.3) is 0 Å². The van der Waals surface area contributed by atoms with Gasteiger partial charge in [-0.3, -0.25) is 4.79 Å². The van der Waals surface area contributed by atoms with Gasteiger partial charge in [0.05, 0.1) is 5.41 Å². The molecular weight excluding hydrogens is 318 g/mol. The van der Waals surface area contributed by atoms with Gasteiger partial charge in [0.1, 0.15) is 5.60 Å². The third-order valence-electron chi connectivity index (χ3n) is 5.05. The number of carboxylic acid groups (broad SMARTS) is 1. The van der Waals surface area contributed by atoms with Gasteiger partial charge >= 0.3 is 12.1 Å². The molecule has 1 heterocycles. The van der Waals surface area contributed by atoms with Gasteiger partial charge in [0.25, 0.3) is 0 Å². The van der Waals surface area contributed by atoms with Crippen LogP contribution in [0.5, 0.6) is 0 Å². The summed E-state index contributed by atoms with van der Waals surface area (Å²) in [4.78, 5) is 26.3. The van der Waals surface area contributed by atoms with Crippen LogP contribution in [0.3, 0.4) is 0 Å². The minimum Gasteiger partial charge on any atom is -0.481 e. The van der Waals surface area contributed by atoms with Crippen molar-refractivity contribution in [2.24, 2.45) is 5.41 Å². The van der Waals surface area contributed by atoms with Gasteiger partial charge in [-0.2, -0.15) is 0 Å². The summed E-state index contributed by atoms with van der Waals surface area (Å²) in [5, 5.41) is 9.97. The van der Waals surface area contributed by atoms with Crippen LogP contribution in [0.2, 0.25) is 0 Å². The Kier molecular flexibility index (Phi) is 5.45. The number of rotatable bonds is 3. The fourth-order valence-corrected chi connectivity index (χ4v) is 3.63. The van der Waals surface area contributed by atoms with Gasteiger partial charge in [0.15, 0.2) is 0 Å². The largest absolute Gasteiger partial charge is 0.481 e. The van der Waals surface area contributed by atoms with Crippen molar-refractivity contribution in [2.75, 3.05) is 13.1 Å². The summed E-state index contributed by atoms with van der Waals surface area (Å²) in [6.45, 7) is 10.2. The van der Waals surface area contributed by atoms with E-state index in [2.05, 4.69) is 0 Å². The Morgan fingerprint density at radius 1 is 1.36 bits per heavy atom. The topological polar surface area (TPSA) is 66.8 Å². The van der Waals surface area contributed by atoms with Crippen molar-refractivity contribution in [3.05, 3.63) is 35.4 Å². The summed E-state index contributed by atoms with van der Waals surface area (Å²) in [5.74, 6) is -1.04. The van der Waals surface area contributed by atoms with Crippen LogP contribution in [-0.2, 0) is 9.53 Å². The lowest BCUT2D eigenvalue weighted by molar-refractivity contribution is -0.154. The Labute approximate surface area is 150 Å². The van der Waals surface area contributed by atoms with E-state index >= 15 is 0 Å². The molecule has 1 aromatic carbocycles. The second-order valence-corrected chi connectivity index (χ2v) is 7.96. The summed E-state index contributed by atoms with van der Waals surface area (Å²) in [7, 11) is 0. The summed E-state index contributed by atoms with van der Waals surface area (Å²) < 4.78 is 5.49. The normalized spacial score (nSPS) is 24.0. The van der Waals surface area contributed by atoms with E-state index in [-0.39, 0.29) is 12.0 Å². The molecule has 1 N–H and O–H groups in total. The highest BCUT2D eigenvalue weighted by atomic mass is 16.6. The van der Waals surface area contributed by atoms with Crippen molar-refractivity contribution < 1.29 is 19.4 Å². The predicted octanol–water partition coefficient (Wildman–Crippen LogP) is 4.20. The molecule has 0 bridgehead atoms.